The second kappa shape index (κ2) is 5.80. The van der Waals surface area contributed by atoms with Crippen LogP contribution in [0.25, 0.3) is 5.82 Å². The van der Waals surface area contributed by atoms with Crippen LogP contribution in [-0.4, -0.2) is 30.2 Å². The predicted molar refractivity (Wildman–Crippen MR) is 81.7 cm³/mol. The van der Waals surface area contributed by atoms with Crippen LogP contribution in [0.2, 0.25) is 0 Å². The SMILES string of the molecule is Cc1cnn(CC(=O)Nc2cccnc2-n2ccnc2C)c1. The molecule has 3 aromatic rings. The van der Waals surface area contributed by atoms with Crippen LogP contribution in [0.5, 0.6) is 0 Å². The van der Waals surface area contributed by atoms with Crippen molar-refractivity contribution in [1.29, 1.82) is 0 Å². The van der Waals surface area contributed by atoms with E-state index in [1.54, 1.807) is 29.3 Å². The number of carbonyl (C=O) groups is 1. The van der Waals surface area contributed by atoms with E-state index in [1.165, 1.54) is 0 Å². The van der Waals surface area contributed by atoms with Crippen molar-refractivity contribution in [3.63, 3.8) is 0 Å². The van der Waals surface area contributed by atoms with Gasteiger partial charge >= 0.3 is 0 Å². The molecular formula is C15H16N6O. The fourth-order valence-corrected chi connectivity index (χ4v) is 2.18. The summed E-state index contributed by atoms with van der Waals surface area (Å²) in [4.78, 5) is 20.7. The first-order valence-electron chi connectivity index (χ1n) is 6.88. The number of aromatic nitrogens is 5. The van der Waals surface area contributed by atoms with Crippen LogP contribution in [-0.2, 0) is 11.3 Å². The number of hydrogen-bond donors (Lipinski definition) is 1. The molecule has 3 rings (SSSR count). The third-order valence-electron chi connectivity index (χ3n) is 3.18. The van der Waals surface area contributed by atoms with Gasteiger partial charge in [0.15, 0.2) is 5.82 Å². The molecule has 0 spiro atoms. The summed E-state index contributed by atoms with van der Waals surface area (Å²) in [6.45, 7) is 3.97. The van der Waals surface area contributed by atoms with Gasteiger partial charge in [-0.15, -0.1) is 0 Å². The van der Waals surface area contributed by atoms with Gasteiger partial charge in [0, 0.05) is 24.8 Å². The molecule has 3 aromatic heterocycles. The summed E-state index contributed by atoms with van der Waals surface area (Å²) < 4.78 is 3.43. The third-order valence-corrected chi connectivity index (χ3v) is 3.18. The zero-order valence-electron chi connectivity index (χ0n) is 12.4. The van der Waals surface area contributed by atoms with E-state index in [9.17, 15) is 4.79 Å². The molecule has 0 saturated carbocycles. The second-order valence-corrected chi connectivity index (χ2v) is 4.98. The van der Waals surface area contributed by atoms with Crippen molar-refractivity contribution < 1.29 is 4.79 Å². The van der Waals surface area contributed by atoms with Crippen LogP contribution in [0.4, 0.5) is 5.69 Å². The van der Waals surface area contributed by atoms with Gasteiger partial charge in [-0.2, -0.15) is 5.10 Å². The molecule has 1 N–H and O–H groups in total. The summed E-state index contributed by atoms with van der Waals surface area (Å²) >= 11 is 0. The lowest BCUT2D eigenvalue weighted by Gasteiger charge is -2.11. The summed E-state index contributed by atoms with van der Waals surface area (Å²) in [6.07, 6.45) is 8.73. The van der Waals surface area contributed by atoms with E-state index < -0.39 is 0 Å². The summed E-state index contributed by atoms with van der Waals surface area (Å²) in [5.41, 5.74) is 1.65. The van der Waals surface area contributed by atoms with E-state index in [4.69, 9.17) is 0 Å². The largest absolute Gasteiger partial charge is 0.321 e. The van der Waals surface area contributed by atoms with Crippen LogP contribution in [0.1, 0.15) is 11.4 Å². The minimum absolute atomic E-state index is 0.157. The molecule has 22 heavy (non-hydrogen) atoms. The molecule has 0 unspecified atom stereocenters. The molecule has 0 bridgehead atoms. The van der Waals surface area contributed by atoms with Gasteiger partial charge in [-0.05, 0) is 31.5 Å². The molecule has 112 valence electrons. The van der Waals surface area contributed by atoms with Gasteiger partial charge in [-0.25, -0.2) is 9.97 Å². The summed E-state index contributed by atoms with van der Waals surface area (Å²) in [7, 11) is 0. The van der Waals surface area contributed by atoms with E-state index in [0.717, 1.165) is 11.4 Å². The lowest BCUT2D eigenvalue weighted by molar-refractivity contribution is -0.116. The highest BCUT2D eigenvalue weighted by atomic mass is 16.2. The number of pyridine rings is 1. The number of carbonyl (C=O) groups excluding carboxylic acids is 1. The molecule has 7 heteroatoms. The Kier molecular flexibility index (Phi) is 3.69. The maximum atomic E-state index is 12.2. The number of rotatable bonds is 4. The van der Waals surface area contributed by atoms with Gasteiger partial charge in [-0.1, -0.05) is 0 Å². The Hall–Kier alpha value is -2.96. The normalized spacial score (nSPS) is 10.6. The maximum absolute atomic E-state index is 12.2. The van der Waals surface area contributed by atoms with Crippen molar-refractivity contribution in [1.82, 2.24) is 24.3 Å². The van der Waals surface area contributed by atoms with Gasteiger partial charge in [-0.3, -0.25) is 14.0 Å². The van der Waals surface area contributed by atoms with Crippen molar-refractivity contribution in [3.8, 4) is 5.82 Å². The van der Waals surface area contributed by atoms with E-state index in [0.29, 0.717) is 11.5 Å². The van der Waals surface area contributed by atoms with Gasteiger partial charge in [0.1, 0.15) is 12.4 Å². The predicted octanol–water partition coefficient (Wildman–Crippen LogP) is 1.72. The zero-order valence-corrected chi connectivity index (χ0v) is 12.4. The lowest BCUT2D eigenvalue weighted by atomic mass is 10.3. The van der Waals surface area contributed by atoms with Crippen LogP contribution in [0.3, 0.4) is 0 Å². The molecule has 0 saturated heterocycles. The van der Waals surface area contributed by atoms with Crippen molar-refractivity contribution in [2.75, 3.05) is 5.32 Å². The Morgan fingerprint density at radius 3 is 2.82 bits per heavy atom. The Morgan fingerprint density at radius 2 is 2.14 bits per heavy atom. The molecule has 0 aromatic carbocycles. The Labute approximate surface area is 127 Å². The molecule has 7 nitrogen and oxygen atoms in total. The molecule has 0 radical (unpaired) electrons. The summed E-state index contributed by atoms with van der Waals surface area (Å²) in [5, 5.41) is 6.98. The van der Waals surface area contributed by atoms with Crippen LogP contribution in [0.15, 0.2) is 43.1 Å². The molecular weight excluding hydrogens is 280 g/mol. The highest BCUT2D eigenvalue weighted by Gasteiger charge is 2.11. The van der Waals surface area contributed by atoms with Crippen molar-refractivity contribution in [3.05, 3.63) is 54.5 Å². The van der Waals surface area contributed by atoms with E-state index in [-0.39, 0.29) is 12.5 Å². The highest BCUT2D eigenvalue weighted by Crippen LogP contribution is 2.18. The molecule has 0 fully saturated rings. The molecule has 0 aliphatic rings. The topological polar surface area (TPSA) is 77.6 Å². The smallest absolute Gasteiger partial charge is 0.246 e. The number of anilines is 1. The lowest BCUT2D eigenvalue weighted by Crippen LogP contribution is -2.20. The Balaban J connectivity index is 1.81. The second-order valence-electron chi connectivity index (χ2n) is 4.98. The number of hydrogen-bond acceptors (Lipinski definition) is 4. The fraction of sp³-hybridized carbons (Fsp3) is 0.200. The van der Waals surface area contributed by atoms with Crippen LogP contribution < -0.4 is 5.32 Å². The average Bonchev–Trinajstić information content (AvgIpc) is 3.08. The summed E-state index contributed by atoms with van der Waals surface area (Å²) in [5.74, 6) is 1.29. The molecule has 0 aliphatic heterocycles. The molecule has 0 atom stereocenters. The zero-order chi connectivity index (χ0) is 15.5. The minimum atomic E-state index is -0.157. The van der Waals surface area contributed by atoms with E-state index in [2.05, 4.69) is 20.4 Å². The molecule has 3 heterocycles. The standard InChI is InChI=1S/C15H16N6O/c1-11-8-18-20(9-11)10-14(22)19-13-4-3-5-17-15(13)21-7-6-16-12(21)2/h3-9H,10H2,1-2H3,(H,19,22). The van der Waals surface area contributed by atoms with Gasteiger partial charge in [0.25, 0.3) is 0 Å². The highest BCUT2D eigenvalue weighted by molar-refractivity contribution is 5.92. The number of imidazole rings is 1. The van der Waals surface area contributed by atoms with Gasteiger partial charge in [0.05, 0.1) is 11.9 Å². The first-order chi connectivity index (χ1) is 10.6. The van der Waals surface area contributed by atoms with Crippen molar-refractivity contribution in [2.45, 2.75) is 20.4 Å². The molecule has 1 amide bonds. The van der Waals surface area contributed by atoms with Crippen molar-refractivity contribution >= 4 is 11.6 Å². The maximum Gasteiger partial charge on any atom is 0.246 e. The fourth-order valence-electron chi connectivity index (χ4n) is 2.18. The number of nitrogens with zero attached hydrogens (tertiary/aromatic N) is 5. The van der Waals surface area contributed by atoms with E-state index in [1.807, 2.05) is 36.9 Å². The summed E-state index contributed by atoms with van der Waals surface area (Å²) in [6, 6.07) is 3.59. The number of nitrogens with one attached hydrogen (secondary N) is 1. The monoisotopic (exact) mass is 296 g/mol. The third kappa shape index (κ3) is 2.88. The first-order valence-corrected chi connectivity index (χ1v) is 6.88. The first kappa shape index (κ1) is 14.0. The van der Waals surface area contributed by atoms with Gasteiger partial charge < -0.3 is 5.32 Å². The number of aryl methyl sites for hydroxylation is 2. The van der Waals surface area contributed by atoms with Gasteiger partial charge in [0.2, 0.25) is 5.91 Å². The van der Waals surface area contributed by atoms with Crippen LogP contribution >= 0.6 is 0 Å². The Morgan fingerprint density at radius 1 is 1.27 bits per heavy atom. The van der Waals surface area contributed by atoms with Crippen LogP contribution in [0, 0.1) is 13.8 Å². The quantitative estimate of drug-likeness (QED) is 0.795. The molecule has 0 aliphatic carbocycles. The van der Waals surface area contributed by atoms with E-state index >= 15 is 0 Å². The average molecular weight is 296 g/mol. The Bertz CT molecular complexity index is 804. The van der Waals surface area contributed by atoms with Crippen molar-refractivity contribution in [2.24, 2.45) is 0 Å². The number of amides is 1. The minimum Gasteiger partial charge on any atom is -0.321 e.